The van der Waals surface area contributed by atoms with Crippen molar-refractivity contribution in [2.24, 2.45) is 0 Å². The van der Waals surface area contributed by atoms with Gasteiger partial charge in [-0.05, 0) is 48.9 Å². The number of halogens is 1. The number of nitrogens with one attached hydrogen (secondary N) is 1. The second kappa shape index (κ2) is 8.59. The SMILES string of the molecule is Cc1cc2oc(=O)cc(COC(=O)c3ccc(NC(=O)CC#N)cc3)c2cc1Cl. The first-order chi connectivity index (χ1) is 13.9. The molecule has 7 nitrogen and oxygen atoms in total. The minimum atomic E-state index is -0.598. The van der Waals surface area contributed by atoms with E-state index < -0.39 is 17.5 Å². The smallest absolute Gasteiger partial charge is 0.338 e. The summed E-state index contributed by atoms with van der Waals surface area (Å²) >= 11 is 6.15. The zero-order valence-corrected chi connectivity index (χ0v) is 16.1. The molecule has 0 spiro atoms. The third kappa shape index (κ3) is 4.81. The van der Waals surface area contributed by atoms with Crippen LogP contribution in [0.5, 0.6) is 0 Å². The van der Waals surface area contributed by atoms with Crippen LogP contribution in [0.2, 0.25) is 5.02 Å². The molecule has 0 unspecified atom stereocenters. The van der Waals surface area contributed by atoms with Gasteiger partial charge in [0.2, 0.25) is 5.91 Å². The van der Waals surface area contributed by atoms with E-state index in [0.29, 0.717) is 27.2 Å². The van der Waals surface area contributed by atoms with Crippen LogP contribution >= 0.6 is 11.6 Å². The summed E-state index contributed by atoms with van der Waals surface area (Å²) in [5.41, 5.74) is 1.78. The molecule has 1 heterocycles. The Morgan fingerprint density at radius 2 is 1.93 bits per heavy atom. The van der Waals surface area contributed by atoms with E-state index in [2.05, 4.69) is 5.32 Å². The van der Waals surface area contributed by atoms with E-state index in [9.17, 15) is 14.4 Å². The molecule has 0 fully saturated rings. The van der Waals surface area contributed by atoms with Gasteiger partial charge in [-0.2, -0.15) is 5.26 Å². The third-order valence-electron chi connectivity index (χ3n) is 4.11. The highest BCUT2D eigenvalue weighted by Gasteiger charge is 2.12. The molecule has 0 bridgehead atoms. The van der Waals surface area contributed by atoms with Crippen molar-refractivity contribution in [3.63, 3.8) is 0 Å². The van der Waals surface area contributed by atoms with Gasteiger partial charge < -0.3 is 14.5 Å². The van der Waals surface area contributed by atoms with Crippen molar-refractivity contribution < 1.29 is 18.7 Å². The molecule has 1 N–H and O–H groups in total. The second-order valence-electron chi connectivity index (χ2n) is 6.22. The molecule has 0 atom stereocenters. The van der Waals surface area contributed by atoms with E-state index >= 15 is 0 Å². The first kappa shape index (κ1) is 20.1. The summed E-state index contributed by atoms with van der Waals surface area (Å²) in [6.07, 6.45) is -0.258. The molecule has 3 rings (SSSR count). The number of ether oxygens (including phenoxy) is 1. The van der Waals surface area contributed by atoms with Crippen LogP contribution in [-0.4, -0.2) is 11.9 Å². The van der Waals surface area contributed by atoms with Crippen LogP contribution in [-0.2, 0) is 16.1 Å². The number of hydrogen-bond acceptors (Lipinski definition) is 6. The monoisotopic (exact) mass is 410 g/mol. The Morgan fingerprint density at radius 3 is 2.62 bits per heavy atom. The Labute approximate surface area is 170 Å². The molecule has 0 saturated heterocycles. The zero-order chi connectivity index (χ0) is 21.0. The lowest BCUT2D eigenvalue weighted by Crippen LogP contribution is -2.11. The Morgan fingerprint density at radius 1 is 1.21 bits per heavy atom. The molecule has 2 aromatic carbocycles. The van der Waals surface area contributed by atoms with E-state index in [1.54, 1.807) is 25.1 Å². The number of carbonyl (C=O) groups excluding carboxylic acids is 2. The average Bonchev–Trinajstić information content (AvgIpc) is 2.68. The number of fused-ring (bicyclic) bond motifs is 1. The molecule has 8 heteroatoms. The zero-order valence-electron chi connectivity index (χ0n) is 15.3. The summed E-state index contributed by atoms with van der Waals surface area (Å²) in [4.78, 5) is 35.5. The molecule has 0 radical (unpaired) electrons. The van der Waals surface area contributed by atoms with Crippen LogP contribution in [0.25, 0.3) is 11.0 Å². The van der Waals surface area contributed by atoms with E-state index in [-0.39, 0.29) is 18.6 Å². The molecule has 3 aromatic rings. The fourth-order valence-corrected chi connectivity index (χ4v) is 2.82. The number of nitriles is 1. The van der Waals surface area contributed by atoms with Gasteiger partial charge in [-0.25, -0.2) is 9.59 Å². The predicted octanol–water partition coefficient (Wildman–Crippen LogP) is 3.96. The standard InChI is InChI=1S/C21H15ClN2O5/c1-12-8-18-16(10-17(12)22)14(9-20(26)29-18)11-28-21(27)13-2-4-15(5-3-13)24-19(25)6-7-23/h2-5,8-10H,6,11H2,1H3,(H,24,25). The number of hydrogen-bond donors (Lipinski definition) is 1. The molecule has 0 aliphatic heterocycles. The third-order valence-corrected chi connectivity index (χ3v) is 4.52. The highest BCUT2D eigenvalue weighted by Crippen LogP contribution is 2.25. The van der Waals surface area contributed by atoms with Crippen LogP contribution in [0.3, 0.4) is 0 Å². The quantitative estimate of drug-likeness (QED) is 0.503. The van der Waals surface area contributed by atoms with Crippen molar-refractivity contribution in [1.29, 1.82) is 5.26 Å². The van der Waals surface area contributed by atoms with Gasteiger partial charge in [0, 0.05) is 27.7 Å². The van der Waals surface area contributed by atoms with Gasteiger partial charge in [0.15, 0.2) is 0 Å². The van der Waals surface area contributed by atoms with Gasteiger partial charge in [0.25, 0.3) is 0 Å². The lowest BCUT2D eigenvalue weighted by atomic mass is 10.1. The van der Waals surface area contributed by atoms with Gasteiger partial charge in [0.05, 0.1) is 11.6 Å². The van der Waals surface area contributed by atoms with Crippen molar-refractivity contribution in [2.45, 2.75) is 20.0 Å². The number of aryl methyl sites for hydroxylation is 1. The highest BCUT2D eigenvalue weighted by atomic mass is 35.5. The predicted molar refractivity (Wildman–Crippen MR) is 107 cm³/mol. The molecule has 146 valence electrons. The van der Waals surface area contributed by atoms with Crippen molar-refractivity contribution in [2.75, 3.05) is 5.32 Å². The highest BCUT2D eigenvalue weighted by molar-refractivity contribution is 6.32. The van der Waals surface area contributed by atoms with Crippen LogP contribution in [0, 0.1) is 18.3 Å². The second-order valence-corrected chi connectivity index (χ2v) is 6.63. The van der Waals surface area contributed by atoms with Crippen LogP contribution in [0.1, 0.15) is 27.9 Å². The number of esters is 1. The van der Waals surface area contributed by atoms with Crippen LogP contribution < -0.4 is 10.9 Å². The molecule has 0 aliphatic rings. The summed E-state index contributed by atoms with van der Waals surface area (Å²) in [5, 5.41) is 12.1. The number of rotatable bonds is 5. The maximum absolute atomic E-state index is 12.3. The normalized spacial score (nSPS) is 10.4. The number of anilines is 1. The molecule has 1 amide bonds. The summed E-state index contributed by atoms with van der Waals surface area (Å²) in [6, 6.07) is 12.4. The lowest BCUT2D eigenvalue weighted by molar-refractivity contribution is -0.115. The van der Waals surface area contributed by atoms with Gasteiger partial charge >= 0.3 is 11.6 Å². The van der Waals surface area contributed by atoms with E-state index in [1.165, 1.54) is 30.3 Å². The molecule has 1 aromatic heterocycles. The Bertz CT molecular complexity index is 1190. The number of nitrogens with zero attached hydrogens (tertiary/aromatic N) is 1. The maximum Gasteiger partial charge on any atom is 0.338 e. The lowest BCUT2D eigenvalue weighted by Gasteiger charge is -2.09. The van der Waals surface area contributed by atoms with Crippen molar-refractivity contribution in [3.8, 4) is 6.07 Å². The Kier molecular flexibility index (Phi) is 5.96. The minimum absolute atomic E-state index is 0.138. The maximum atomic E-state index is 12.3. The summed E-state index contributed by atoms with van der Waals surface area (Å²) in [6.45, 7) is 1.65. The topological polar surface area (TPSA) is 109 Å². The van der Waals surface area contributed by atoms with Crippen LogP contribution in [0.4, 0.5) is 5.69 Å². The minimum Gasteiger partial charge on any atom is -0.457 e. The molecule has 0 saturated carbocycles. The largest absolute Gasteiger partial charge is 0.457 e. The van der Waals surface area contributed by atoms with Crippen LogP contribution in [0.15, 0.2) is 51.7 Å². The van der Waals surface area contributed by atoms with Crippen molar-refractivity contribution in [3.05, 3.63) is 74.6 Å². The number of amides is 1. The first-order valence-electron chi connectivity index (χ1n) is 8.54. The van der Waals surface area contributed by atoms with Gasteiger partial charge in [-0.3, -0.25) is 4.79 Å². The van der Waals surface area contributed by atoms with E-state index in [0.717, 1.165) is 5.56 Å². The van der Waals surface area contributed by atoms with E-state index in [4.69, 9.17) is 26.0 Å². The Hall–Kier alpha value is -3.63. The molecular formula is C21H15ClN2O5. The first-order valence-corrected chi connectivity index (χ1v) is 8.92. The summed E-state index contributed by atoms with van der Waals surface area (Å²) < 4.78 is 10.5. The molecule has 0 aliphatic carbocycles. The fraction of sp³-hybridized carbons (Fsp3) is 0.143. The molecule has 29 heavy (non-hydrogen) atoms. The fourth-order valence-electron chi connectivity index (χ4n) is 2.66. The van der Waals surface area contributed by atoms with Gasteiger partial charge in [-0.15, -0.1) is 0 Å². The van der Waals surface area contributed by atoms with Gasteiger partial charge in [-0.1, -0.05) is 11.6 Å². The number of carbonyl (C=O) groups is 2. The number of benzene rings is 2. The van der Waals surface area contributed by atoms with Gasteiger partial charge in [0.1, 0.15) is 18.6 Å². The Balaban J connectivity index is 1.74. The summed E-state index contributed by atoms with van der Waals surface area (Å²) in [7, 11) is 0. The van der Waals surface area contributed by atoms with Crippen molar-refractivity contribution in [1.82, 2.24) is 0 Å². The van der Waals surface area contributed by atoms with Crippen molar-refractivity contribution >= 4 is 40.1 Å². The molecular weight excluding hydrogens is 396 g/mol. The summed E-state index contributed by atoms with van der Waals surface area (Å²) in [5.74, 6) is -1.04. The van der Waals surface area contributed by atoms with E-state index in [1.807, 2.05) is 0 Å². The average molecular weight is 411 g/mol.